The standard InChI is InChI=1S/C19H12Cl2F5N3O2/c1-10(11-2-6-13(22)7-3-11)29(17(30)19(21,25)26)14-8-4-12(5-9-14)15-27-16(31-28-15)18(20,23)24/h2-10H,1H3. The summed E-state index contributed by atoms with van der Waals surface area (Å²) in [5.41, 5.74) is 0.573. The quantitative estimate of drug-likeness (QED) is 0.317. The molecule has 5 nitrogen and oxygen atoms in total. The summed E-state index contributed by atoms with van der Waals surface area (Å²) in [6, 6.07) is 9.13. The van der Waals surface area contributed by atoms with Gasteiger partial charge in [-0.3, -0.25) is 9.69 Å². The molecule has 0 spiro atoms. The van der Waals surface area contributed by atoms with E-state index in [1.807, 2.05) is 0 Å². The molecular formula is C19H12Cl2F5N3O2. The molecule has 3 rings (SSSR count). The van der Waals surface area contributed by atoms with Gasteiger partial charge >= 0.3 is 22.6 Å². The number of nitrogens with zero attached hydrogens (tertiary/aromatic N) is 3. The molecule has 12 heteroatoms. The van der Waals surface area contributed by atoms with Gasteiger partial charge in [-0.05, 0) is 72.1 Å². The molecule has 0 bridgehead atoms. The van der Waals surface area contributed by atoms with E-state index in [9.17, 15) is 26.7 Å². The van der Waals surface area contributed by atoms with Crippen LogP contribution in [-0.2, 0) is 10.2 Å². The molecule has 1 aromatic heterocycles. The molecule has 0 aliphatic carbocycles. The summed E-state index contributed by atoms with van der Waals surface area (Å²) >= 11 is 9.78. The van der Waals surface area contributed by atoms with E-state index in [1.165, 1.54) is 43.3 Å². The number of hydrogen-bond donors (Lipinski definition) is 0. The van der Waals surface area contributed by atoms with Crippen molar-refractivity contribution in [3.63, 3.8) is 0 Å². The molecule has 1 heterocycles. The van der Waals surface area contributed by atoms with Crippen LogP contribution in [0, 0.1) is 5.82 Å². The van der Waals surface area contributed by atoms with E-state index in [1.54, 1.807) is 0 Å². The van der Waals surface area contributed by atoms with Crippen molar-refractivity contribution in [1.82, 2.24) is 10.1 Å². The van der Waals surface area contributed by atoms with Gasteiger partial charge in [0.15, 0.2) is 0 Å². The SMILES string of the molecule is CC(c1ccc(F)cc1)N(C(=O)C(F)(F)Cl)c1ccc(-c2noc(C(F)(F)Cl)n2)cc1. The third kappa shape index (κ3) is 5.13. The third-order valence-corrected chi connectivity index (χ3v) is 4.60. The van der Waals surface area contributed by atoms with E-state index >= 15 is 0 Å². The number of amides is 1. The van der Waals surface area contributed by atoms with Gasteiger partial charge in [0.1, 0.15) is 5.82 Å². The van der Waals surface area contributed by atoms with Crippen molar-refractivity contribution in [2.45, 2.75) is 23.7 Å². The number of hydrogen-bond acceptors (Lipinski definition) is 4. The molecule has 1 amide bonds. The van der Waals surface area contributed by atoms with E-state index in [0.717, 1.165) is 17.0 Å². The number of alkyl halides is 6. The van der Waals surface area contributed by atoms with Crippen LogP contribution in [0.25, 0.3) is 11.4 Å². The molecule has 31 heavy (non-hydrogen) atoms. The normalized spacial score (nSPS) is 13.2. The van der Waals surface area contributed by atoms with Gasteiger partial charge < -0.3 is 4.52 Å². The van der Waals surface area contributed by atoms with Gasteiger partial charge in [-0.1, -0.05) is 17.3 Å². The fourth-order valence-corrected chi connectivity index (χ4v) is 2.94. The summed E-state index contributed by atoms with van der Waals surface area (Å²) < 4.78 is 71.0. The lowest BCUT2D eigenvalue weighted by Gasteiger charge is -2.31. The third-order valence-electron chi connectivity index (χ3n) is 4.27. The summed E-state index contributed by atoms with van der Waals surface area (Å²) in [5, 5.41) is -4.68. The van der Waals surface area contributed by atoms with E-state index in [0.29, 0.717) is 5.56 Å². The zero-order valence-electron chi connectivity index (χ0n) is 15.5. The Bertz CT molecular complexity index is 1060. The molecule has 0 aliphatic heterocycles. The summed E-state index contributed by atoms with van der Waals surface area (Å²) in [7, 11) is 0. The molecule has 164 valence electrons. The molecule has 0 N–H and O–H groups in total. The average Bonchev–Trinajstić information content (AvgIpc) is 3.19. The van der Waals surface area contributed by atoms with Crippen LogP contribution >= 0.6 is 23.2 Å². The number of carbonyl (C=O) groups excluding carboxylic acids is 1. The summed E-state index contributed by atoms with van der Waals surface area (Å²) in [4.78, 5) is 16.6. The first kappa shape index (κ1) is 23.0. The van der Waals surface area contributed by atoms with Crippen molar-refractivity contribution in [3.05, 3.63) is 65.8 Å². The molecule has 3 aromatic rings. The zero-order chi connectivity index (χ0) is 23.0. The van der Waals surface area contributed by atoms with Crippen molar-refractivity contribution < 1.29 is 31.3 Å². The van der Waals surface area contributed by atoms with Crippen molar-refractivity contribution in [2.24, 2.45) is 0 Å². The summed E-state index contributed by atoms with van der Waals surface area (Å²) in [5.74, 6) is -3.59. The fraction of sp³-hybridized carbons (Fsp3) is 0.211. The van der Waals surface area contributed by atoms with Gasteiger partial charge in [0.05, 0.1) is 6.04 Å². The highest BCUT2D eigenvalue weighted by atomic mass is 35.5. The van der Waals surface area contributed by atoms with Crippen LogP contribution in [0.15, 0.2) is 53.1 Å². The second-order valence-electron chi connectivity index (χ2n) is 6.37. The average molecular weight is 480 g/mol. The smallest absolute Gasteiger partial charge is 0.331 e. The van der Waals surface area contributed by atoms with E-state index in [4.69, 9.17) is 23.2 Å². The van der Waals surface area contributed by atoms with Gasteiger partial charge in [-0.2, -0.15) is 22.5 Å². The Labute approximate surface area is 182 Å². The maximum atomic E-state index is 13.6. The molecule has 2 aromatic carbocycles. The lowest BCUT2D eigenvalue weighted by atomic mass is 10.1. The maximum Gasteiger partial charge on any atom is 0.400 e. The Morgan fingerprint density at radius 3 is 2.10 bits per heavy atom. The number of rotatable bonds is 6. The first-order valence-corrected chi connectivity index (χ1v) is 9.30. The van der Waals surface area contributed by atoms with Gasteiger partial charge in [-0.15, -0.1) is 0 Å². The van der Waals surface area contributed by atoms with Crippen molar-refractivity contribution in [3.8, 4) is 11.4 Å². The van der Waals surface area contributed by atoms with Crippen molar-refractivity contribution >= 4 is 34.8 Å². The molecule has 0 saturated carbocycles. The minimum atomic E-state index is -4.21. The monoisotopic (exact) mass is 479 g/mol. The number of aromatic nitrogens is 2. The minimum absolute atomic E-state index is 0.0114. The van der Waals surface area contributed by atoms with Crippen LogP contribution in [0.1, 0.15) is 24.4 Å². The topological polar surface area (TPSA) is 59.2 Å². The van der Waals surface area contributed by atoms with E-state index in [2.05, 4.69) is 14.7 Å². The molecule has 0 radical (unpaired) electrons. The Morgan fingerprint density at radius 1 is 1.03 bits per heavy atom. The predicted octanol–water partition coefficient (Wildman–Crippen LogP) is 6.09. The van der Waals surface area contributed by atoms with Crippen LogP contribution < -0.4 is 4.90 Å². The molecule has 0 aliphatic rings. The highest BCUT2D eigenvalue weighted by Crippen LogP contribution is 2.35. The number of benzene rings is 2. The van der Waals surface area contributed by atoms with Crippen molar-refractivity contribution in [1.29, 1.82) is 0 Å². The number of carbonyl (C=O) groups is 1. The first-order chi connectivity index (χ1) is 14.4. The van der Waals surface area contributed by atoms with Gasteiger partial charge in [-0.25, -0.2) is 4.39 Å². The maximum absolute atomic E-state index is 13.6. The molecule has 0 saturated heterocycles. The lowest BCUT2D eigenvalue weighted by molar-refractivity contribution is -0.133. The van der Waals surface area contributed by atoms with Gasteiger partial charge in [0, 0.05) is 11.3 Å². The Kier molecular flexibility index (Phi) is 6.24. The van der Waals surface area contributed by atoms with Crippen LogP contribution in [0.3, 0.4) is 0 Å². The Balaban J connectivity index is 1.96. The largest absolute Gasteiger partial charge is 0.400 e. The molecule has 1 unspecified atom stereocenters. The molecule has 0 fully saturated rings. The van der Waals surface area contributed by atoms with Crippen LogP contribution in [0.5, 0.6) is 0 Å². The highest BCUT2D eigenvalue weighted by molar-refractivity contribution is 6.34. The summed E-state index contributed by atoms with van der Waals surface area (Å²) in [6.45, 7) is 1.45. The Hall–Kier alpha value is -2.72. The predicted molar refractivity (Wildman–Crippen MR) is 103 cm³/mol. The van der Waals surface area contributed by atoms with Crippen LogP contribution in [0.2, 0.25) is 0 Å². The van der Waals surface area contributed by atoms with Crippen LogP contribution in [-0.4, -0.2) is 21.4 Å². The second-order valence-corrected chi connectivity index (χ2v) is 7.32. The van der Waals surface area contributed by atoms with Gasteiger partial charge in [0.25, 0.3) is 0 Å². The van der Waals surface area contributed by atoms with Gasteiger partial charge in [0.2, 0.25) is 5.82 Å². The molecule has 1 atom stereocenters. The van der Waals surface area contributed by atoms with E-state index in [-0.39, 0.29) is 17.1 Å². The fourth-order valence-electron chi connectivity index (χ4n) is 2.77. The molecular weight excluding hydrogens is 468 g/mol. The summed E-state index contributed by atoms with van der Waals surface area (Å²) in [6.07, 6.45) is 0. The zero-order valence-corrected chi connectivity index (χ0v) is 17.0. The first-order valence-electron chi connectivity index (χ1n) is 8.55. The lowest BCUT2D eigenvalue weighted by Crippen LogP contribution is -2.42. The van der Waals surface area contributed by atoms with E-state index < -0.39 is 34.4 Å². The highest BCUT2D eigenvalue weighted by Gasteiger charge is 2.42. The van der Waals surface area contributed by atoms with Crippen LogP contribution in [0.4, 0.5) is 27.6 Å². The van der Waals surface area contributed by atoms with Crippen molar-refractivity contribution in [2.75, 3.05) is 4.90 Å². The minimum Gasteiger partial charge on any atom is -0.331 e. The second kappa shape index (κ2) is 8.43. The Morgan fingerprint density at radius 2 is 1.61 bits per heavy atom. The number of halogens is 7. The number of anilines is 1.